The van der Waals surface area contributed by atoms with Crippen LogP contribution in [0.5, 0.6) is 5.75 Å². The lowest BCUT2D eigenvalue weighted by Crippen LogP contribution is -2.43. The van der Waals surface area contributed by atoms with E-state index in [2.05, 4.69) is 5.32 Å². The molecule has 0 bridgehead atoms. The van der Waals surface area contributed by atoms with E-state index in [1.165, 1.54) is 4.31 Å². The number of sulfonamides is 1. The van der Waals surface area contributed by atoms with Crippen LogP contribution >= 0.6 is 11.6 Å². The average Bonchev–Trinajstić information content (AvgIpc) is 2.74. The Bertz CT molecular complexity index is 971. The van der Waals surface area contributed by atoms with Crippen LogP contribution in [0.4, 0.5) is 0 Å². The molecular weight excluding hydrogens is 424 g/mol. The smallest absolute Gasteiger partial charge is 0.243 e. The van der Waals surface area contributed by atoms with E-state index in [4.69, 9.17) is 16.3 Å². The summed E-state index contributed by atoms with van der Waals surface area (Å²) in [5, 5.41) is 3.64. The number of carbonyl (C=O) groups is 1. The van der Waals surface area contributed by atoms with Crippen molar-refractivity contribution < 1.29 is 17.9 Å². The highest BCUT2D eigenvalue weighted by molar-refractivity contribution is 7.89. The van der Waals surface area contributed by atoms with Gasteiger partial charge in [0, 0.05) is 24.0 Å². The maximum Gasteiger partial charge on any atom is 0.243 e. The van der Waals surface area contributed by atoms with Crippen LogP contribution in [-0.4, -0.2) is 38.3 Å². The van der Waals surface area contributed by atoms with Gasteiger partial charge in [-0.1, -0.05) is 23.7 Å². The van der Waals surface area contributed by atoms with Crippen LogP contribution in [-0.2, 0) is 14.8 Å². The first-order chi connectivity index (χ1) is 14.3. The number of hydrogen-bond acceptors (Lipinski definition) is 4. The standard InChI is InChI=1S/C22H27ClN2O4S/c1-3-29-20-7-9-21(10-8-20)30(27,28)25-13-11-17(12-14-25)22(26)24-16(2)18-5-4-6-19(23)15-18/h4-10,15-17H,3,11-14H2,1-2H3,(H,24,26). The number of nitrogens with one attached hydrogen (secondary N) is 1. The van der Waals surface area contributed by atoms with E-state index < -0.39 is 10.0 Å². The molecule has 1 saturated heterocycles. The second-order valence-corrected chi connectivity index (χ2v) is 9.74. The van der Waals surface area contributed by atoms with Crippen molar-refractivity contribution in [3.63, 3.8) is 0 Å². The Morgan fingerprint density at radius 1 is 1.20 bits per heavy atom. The maximum atomic E-state index is 12.9. The summed E-state index contributed by atoms with van der Waals surface area (Å²) in [6.45, 7) is 4.95. The molecule has 1 N–H and O–H groups in total. The van der Waals surface area contributed by atoms with Crippen molar-refractivity contribution in [2.45, 2.75) is 37.6 Å². The zero-order valence-electron chi connectivity index (χ0n) is 17.2. The third kappa shape index (κ3) is 5.33. The van der Waals surface area contributed by atoms with Gasteiger partial charge in [-0.2, -0.15) is 4.31 Å². The lowest BCUT2D eigenvalue weighted by molar-refractivity contribution is -0.126. The van der Waals surface area contributed by atoms with Crippen molar-refractivity contribution in [1.29, 1.82) is 0 Å². The molecule has 2 aromatic rings. The molecule has 0 aromatic heterocycles. The van der Waals surface area contributed by atoms with E-state index in [9.17, 15) is 13.2 Å². The SMILES string of the molecule is CCOc1ccc(S(=O)(=O)N2CCC(C(=O)NC(C)c3cccc(Cl)c3)CC2)cc1. The fourth-order valence-corrected chi connectivity index (χ4v) is 5.24. The number of benzene rings is 2. The van der Waals surface area contributed by atoms with Crippen LogP contribution in [0.1, 0.15) is 38.3 Å². The summed E-state index contributed by atoms with van der Waals surface area (Å²) in [4.78, 5) is 12.9. The van der Waals surface area contributed by atoms with E-state index in [1.54, 1.807) is 30.3 Å². The topological polar surface area (TPSA) is 75.7 Å². The minimum Gasteiger partial charge on any atom is -0.494 e. The number of carbonyl (C=O) groups excluding carboxylic acids is 1. The number of rotatable bonds is 7. The number of piperidine rings is 1. The zero-order chi connectivity index (χ0) is 21.7. The Labute approximate surface area is 183 Å². The van der Waals surface area contributed by atoms with Crippen LogP contribution in [0.3, 0.4) is 0 Å². The zero-order valence-corrected chi connectivity index (χ0v) is 18.7. The Balaban J connectivity index is 1.57. The molecule has 3 rings (SSSR count). The maximum absolute atomic E-state index is 12.9. The molecule has 8 heteroatoms. The monoisotopic (exact) mass is 450 g/mol. The lowest BCUT2D eigenvalue weighted by atomic mass is 9.96. The van der Waals surface area contributed by atoms with Crippen molar-refractivity contribution in [3.8, 4) is 5.75 Å². The molecule has 1 aliphatic heterocycles. The first-order valence-corrected chi connectivity index (χ1v) is 11.9. The predicted molar refractivity (Wildman–Crippen MR) is 117 cm³/mol. The second kappa shape index (κ2) is 9.81. The van der Waals surface area contributed by atoms with Crippen LogP contribution in [0.15, 0.2) is 53.4 Å². The highest BCUT2D eigenvalue weighted by Crippen LogP contribution is 2.26. The minimum atomic E-state index is -3.58. The Hall–Kier alpha value is -2.09. The molecule has 1 heterocycles. The molecule has 1 aliphatic rings. The quantitative estimate of drug-likeness (QED) is 0.691. The van der Waals surface area contributed by atoms with Gasteiger partial charge in [-0.05, 0) is 68.7 Å². The molecule has 1 fully saturated rings. The van der Waals surface area contributed by atoms with Crippen molar-refractivity contribution in [2.24, 2.45) is 5.92 Å². The average molecular weight is 451 g/mol. The second-order valence-electron chi connectivity index (χ2n) is 7.37. The molecule has 0 aliphatic carbocycles. The molecule has 0 saturated carbocycles. The van der Waals surface area contributed by atoms with E-state index in [-0.39, 0.29) is 22.8 Å². The third-order valence-electron chi connectivity index (χ3n) is 5.30. The summed E-state index contributed by atoms with van der Waals surface area (Å²) >= 11 is 6.03. The number of halogens is 1. The van der Waals surface area contributed by atoms with Gasteiger partial charge in [0.1, 0.15) is 5.75 Å². The van der Waals surface area contributed by atoms with Crippen LogP contribution < -0.4 is 10.1 Å². The van der Waals surface area contributed by atoms with Crippen molar-refractivity contribution in [2.75, 3.05) is 19.7 Å². The summed E-state index contributed by atoms with van der Waals surface area (Å²) in [5.41, 5.74) is 0.936. The lowest BCUT2D eigenvalue weighted by Gasteiger charge is -2.31. The van der Waals surface area contributed by atoms with E-state index in [1.807, 2.05) is 32.0 Å². The van der Waals surface area contributed by atoms with Gasteiger partial charge in [-0.25, -0.2) is 8.42 Å². The van der Waals surface area contributed by atoms with Gasteiger partial charge in [-0.3, -0.25) is 4.79 Å². The summed E-state index contributed by atoms with van der Waals surface area (Å²) in [6, 6.07) is 13.7. The molecule has 1 atom stereocenters. The largest absolute Gasteiger partial charge is 0.494 e. The normalized spacial score (nSPS) is 16.8. The third-order valence-corrected chi connectivity index (χ3v) is 7.45. The summed E-state index contributed by atoms with van der Waals surface area (Å²) in [6.07, 6.45) is 0.981. The van der Waals surface area contributed by atoms with Crippen LogP contribution in [0.25, 0.3) is 0 Å². The Kier molecular flexibility index (Phi) is 7.39. The molecule has 1 amide bonds. The molecule has 0 radical (unpaired) electrons. The van der Waals surface area contributed by atoms with Crippen molar-refractivity contribution >= 4 is 27.5 Å². The van der Waals surface area contributed by atoms with Gasteiger partial charge in [0.2, 0.25) is 15.9 Å². The summed E-state index contributed by atoms with van der Waals surface area (Å²) in [7, 11) is -3.58. The molecule has 2 aromatic carbocycles. The molecule has 162 valence electrons. The van der Waals surface area contributed by atoms with E-state index >= 15 is 0 Å². The summed E-state index contributed by atoms with van der Waals surface area (Å²) in [5.74, 6) is 0.375. The van der Waals surface area contributed by atoms with Gasteiger partial charge in [0.25, 0.3) is 0 Å². The summed E-state index contributed by atoms with van der Waals surface area (Å²) < 4.78 is 32.6. The predicted octanol–water partition coefficient (Wildman–Crippen LogP) is 4.02. The van der Waals surface area contributed by atoms with E-state index in [0.29, 0.717) is 43.3 Å². The van der Waals surface area contributed by atoms with Crippen LogP contribution in [0, 0.1) is 5.92 Å². The van der Waals surface area contributed by atoms with Crippen molar-refractivity contribution in [3.05, 3.63) is 59.1 Å². The molecule has 0 spiro atoms. The highest BCUT2D eigenvalue weighted by atomic mass is 35.5. The number of amides is 1. The van der Waals surface area contributed by atoms with Gasteiger partial charge in [0.05, 0.1) is 17.5 Å². The Morgan fingerprint density at radius 2 is 1.87 bits per heavy atom. The first-order valence-electron chi connectivity index (χ1n) is 10.1. The number of hydrogen-bond donors (Lipinski definition) is 1. The number of ether oxygens (including phenoxy) is 1. The molecule has 1 unspecified atom stereocenters. The van der Waals surface area contributed by atoms with Crippen LogP contribution in [0.2, 0.25) is 5.02 Å². The molecule has 30 heavy (non-hydrogen) atoms. The molecular formula is C22H27ClN2O4S. The highest BCUT2D eigenvalue weighted by Gasteiger charge is 2.32. The van der Waals surface area contributed by atoms with Crippen molar-refractivity contribution in [1.82, 2.24) is 9.62 Å². The van der Waals surface area contributed by atoms with Gasteiger partial charge in [0.15, 0.2) is 0 Å². The molecule has 6 nitrogen and oxygen atoms in total. The fraction of sp³-hybridized carbons (Fsp3) is 0.409. The van der Waals surface area contributed by atoms with Gasteiger partial charge in [-0.15, -0.1) is 0 Å². The number of nitrogens with zero attached hydrogens (tertiary/aromatic N) is 1. The first kappa shape index (κ1) is 22.6. The van der Waals surface area contributed by atoms with Gasteiger partial charge < -0.3 is 10.1 Å². The minimum absolute atomic E-state index is 0.0550. The van der Waals surface area contributed by atoms with Gasteiger partial charge >= 0.3 is 0 Å². The fourth-order valence-electron chi connectivity index (χ4n) is 3.57. The van der Waals surface area contributed by atoms with E-state index in [0.717, 1.165) is 5.56 Å². The Morgan fingerprint density at radius 3 is 2.47 bits per heavy atom.